The Morgan fingerprint density at radius 1 is 1.25 bits per heavy atom. The van der Waals surface area contributed by atoms with E-state index in [1.165, 1.54) is 0 Å². The van der Waals surface area contributed by atoms with Gasteiger partial charge in [0.25, 0.3) is 0 Å². The molecule has 0 saturated heterocycles. The van der Waals surface area contributed by atoms with Crippen LogP contribution in [0, 0.1) is 5.92 Å². The van der Waals surface area contributed by atoms with Crippen molar-refractivity contribution in [2.75, 3.05) is 0 Å². The van der Waals surface area contributed by atoms with Crippen LogP contribution in [0.15, 0.2) is 10.2 Å². The quantitative estimate of drug-likeness (QED) is 0.277. The van der Waals surface area contributed by atoms with Gasteiger partial charge < -0.3 is 10.9 Å². The lowest BCUT2D eigenvalue weighted by molar-refractivity contribution is 0.318. The van der Waals surface area contributed by atoms with Crippen molar-refractivity contribution in [3.05, 3.63) is 16.8 Å². The molecule has 0 aliphatic carbocycles. The number of amidine groups is 1. The number of thioether (sulfide) groups is 1. The summed E-state index contributed by atoms with van der Waals surface area (Å²) >= 11 is 1.63. The SMILES string of the molecule is CCc1nnc(SC(C)C(C)C)c(C(N)=NO)c1CC. The molecule has 1 heterocycles. The van der Waals surface area contributed by atoms with E-state index in [1.54, 1.807) is 11.8 Å². The fourth-order valence-electron chi connectivity index (χ4n) is 1.86. The van der Waals surface area contributed by atoms with Gasteiger partial charge in [0.2, 0.25) is 0 Å². The molecule has 5 nitrogen and oxygen atoms in total. The molecule has 112 valence electrons. The lowest BCUT2D eigenvalue weighted by Gasteiger charge is -2.18. The Labute approximate surface area is 125 Å². The van der Waals surface area contributed by atoms with Crippen LogP contribution >= 0.6 is 11.8 Å². The van der Waals surface area contributed by atoms with Gasteiger partial charge in [0.1, 0.15) is 5.03 Å². The zero-order chi connectivity index (χ0) is 15.3. The molecular formula is C14H24N4OS. The molecule has 0 amide bonds. The summed E-state index contributed by atoms with van der Waals surface area (Å²) < 4.78 is 0. The minimum atomic E-state index is 0.116. The van der Waals surface area contributed by atoms with Crippen LogP contribution in [0.4, 0.5) is 0 Å². The molecule has 1 unspecified atom stereocenters. The number of nitrogens with zero attached hydrogens (tertiary/aromatic N) is 3. The standard InChI is InChI=1S/C14H24N4OS/c1-6-10-11(7-2)16-17-14(12(10)13(15)18-19)20-9(5)8(3)4/h8-9,19H,6-7H2,1-5H3,(H2,15,18). The number of rotatable bonds is 6. The molecule has 1 aromatic heterocycles. The summed E-state index contributed by atoms with van der Waals surface area (Å²) in [5.41, 5.74) is 8.54. The normalized spacial score (nSPS) is 13.8. The third-order valence-electron chi connectivity index (χ3n) is 3.41. The predicted octanol–water partition coefficient (Wildman–Crippen LogP) is 2.83. The van der Waals surface area contributed by atoms with Gasteiger partial charge in [-0.2, -0.15) is 5.10 Å². The van der Waals surface area contributed by atoms with Crippen LogP contribution in [0.3, 0.4) is 0 Å². The lowest BCUT2D eigenvalue weighted by atomic mass is 10.0. The summed E-state index contributed by atoms with van der Waals surface area (Å²) in [4.78, 5) is 0. The predicted molar refractivity (Wildman–Crippen MR) is 83.5 cm³/mol. The lowest BCUT2D eigenvalue weighted by Crippen LogP contribution is -2.21. The highest BCUT2D eigenvalue weighted by Crippen LogP contribution is 2.31. The molecule has 0 fully saturated rings. The van der Waals surface area contributed by atoms with E-state index in [1.807, 2.05) is 13.8 Å². The van der Waals surface area contributed by atoms with Gasteiger partial charge in [0, 0.05) is 5.25 Å². The van der Waals surface area contributed by atoms with Gasteiger partial charge in [-0.25, -0.2) is 0 Å². The van der Waals surface area contributed by atoms with E-state index in [0.717, 1.165) is 34.7 Å². The summed E-state index contributed by atoms with van der Waals surface area (Å²) in [6.07, 6.45) is 1.57. The number of nitrogens with two attached hydrogens (primary N) is 1. The largest absolute Gasteiger partial charge is 0.409 e. The zero-order valence-corrected chi connectivity index (χ0v) is 13.7. The summed E-state index contributed by atoms with van der Waals surface area (Å²) in [6, 6.07) is 0. The van der Waals surface area contributed by atoms with Gasteiger partial charge in [-0.1, -0.05) is 39.8 Å². The van der Waals surface area contributed by atoms with E-state index >= 15 is 0 Å². The van der Waals surface area contributed by atoms with Crippen molar-refractivity contribution in [3.63, 3.8) is 0 Å². The van der Waals surface area contributed by atoms with Gasteiger partial charge in [-0.05, 0) is 24.3 Å². The summed E-state index contributed by atoms with van der Waals surface area (Å²) in [6.45, 7) is 10.5. The molecule has 0 radical (unpaired) electrons. The second-order valence-corrected chi connectivity index (χ2v) is 6.43. The van der Waals surface area contributed by atoms with Crippen LogP contribution in [0.25, 0.3) is 0 Å². The Kier molecular flexibility index (Phi) is 6.26. The second-order valence-electron chi connectivity index (χ2n) is 5.06. The molecule has 0 bridgehead atoms. The molecule has 1 atom stereocenters. The number of hydrogen-bond donors (Lipinski definition) is 2. The molecule has 3 N–H and O–H groups in total. The first-order chi connectivity index (χ1) is 9.46. The van der Waals surface area contributed by atoms with Crippen LogP contribution in [-0.4, -0.2) is 26.5 Å². The van der Waals surface area contributed by atoms with Crippen molar-refractivity contribution in [1.82, 2.24) is 10.2 Å². The maximum Gasteiger partial charge on any atom is 0.173 e. The van der Waals surface area contributed by atoms with Gasteiger partial charge in [-0.3, -0.25) is 0 Å². The molecule has 20 heavy (non-hydrogen) atoms. The summed E-state index contributed by atoms with van der Waals surface area (Å²) in [5, 5.41) is 21.9. The van der Waals surface area contributed by atoms with Gasteiger partial charge in [0.15, 0.2) is 5.84 Å². The molecule has 0 aliphatic heterocycles. The number of hydrogen-bond acceptors (Lipinski definition) is 5. The van der Waals surface area contributed by atoms with Crippen molar-refractivity contribution in [2.45, 2.75) is 57.7 Å². The molecule has 0 aliphatic rings. The average Bonchev–Trinajstić information content (AvgIpc) is 2.45. The van der Waals surface area contributed by atoms with Gasteiger partial charge in [0.05, 0.1) is 11.3 Å². The fraction of sp³-hybridized carbons (Fsp3) is 0.643. The van der Waals surface area contributed by atoms with Crippen molar-refractivity contribution in [3.8, 4) is 0 Å². The third kappa shape index (κ3) is 3.62. The highest BCUT2D eigenvalue weighted by Gasteiger charge is 2.21. The molecular weight excluding hydrogens is 272 g/mol. The van der Waals surface area contributed by atoms with Crippen molar-refractivity contribution in [2.24, 2.45) is 16.8 Å². The average molecular weight is 296 g/mol. The Morgan fingerprint density at radius 2 is 1.90 bits per heavy atom. The summed E-state index contributed by atoms with van der Waals surface area (Å²) in [5.74, 6) is 0.628. The first kappa shape index (κ1) is 16.8. The second kappa shape index (κ2) is 7.47. The maximum atomic E-state index is 9.05. The Morgan fingerprint density at radius 3 is 2.35 bits per heavy atom. The maximum absolute atomic E-state index is 9.05. The minimum Gasteiger partial charge on any atom is -0.409 e. The monoisotopic (exact) mass is 296 g/mol. The van der Waals surface area contributed by atoms with E-state index in [2.05, 4.69) is 36.1 Å². The first-order valence-electron chi connectivity index (χ1n) is 6.99. The van der Waals surface area contributed by atoms with Crippen LogP contribution in [0.1, 0.15) is 51.4 Å². The molecule has 1 aromatic rings. The summed E-state index contributed by atoms with van der Waals surface area (Å²) in [7, 11) is 0. The molecule has 6 heteroatoms. The first-order valence-corrected chi connectivity index (χ1v) is 7.87. The van der Waals surface area contributed by atoms with E-state index in [0.29, 0.717) is 11.2 Å². The van der Waals surface area contributed by atoms with Crippen molar-refractivity contribution >= 4 is 17.6 Å². The topological polar surface area (TPSA) is 84.4 Å². The van der Waals surface area contributed by atoms with Crippen LogP contribution < -0.4 is 5.73 Å². The molecule has 1 rings (SSSR count). The number of oxime groups is 1. The van der Waals surface area contributed by atoms with E-state index < -0.39 is 0 Å². The highest BCUT2D eigenvalue weighted by atomic mass is 32.2. The van der Waals surface area contributed by atoms with E-state index in [-0.39, 0.29) is 5.84 Å². The van der Waals surface area contributed by atoms with Gasteiger partial charge >= 0.3 is 0 Å². The van der Waals surface area contributed by atoms with Crippen molar-refractivity contribution in [1.29, 1.82) is 0 Å². The van der Waals surface area contributed by atoms with Crippen molar-refractivity contribution < 1.29 is 5.21 Å². The van der Waals surface area contributed by atoms with E-state index in [4.69, 9.17) is 10.9 Å². The fourth-order valence-corrected chi connectivity index (χ4v) is 2.92. The number of aromatic nitrogens is 2. The van der Waals surface area contributed by atoms with Crippen LogP contribution in [0.2, 0.25) is 0 Å². The molecule has 0 aromatic carbocycles. The Bertz CT molecular complexity index is 488. The Hall–Kier alpha value is -1.30. The smallest absolute Gasteiger partial charge is 0.173 e. The van der Waals surface area contributed by atoms with Gasteiger partial charge in [-0.15, -0.1) is 16.9 Å². The minimum absolute atomic E-state index is 0.116. The zero-order valence-electron chi connectivity index (χ0n) is 12.8. The molecule has 0 spiro atoms. The van der Waals surface area contributed by atoms with Crippen LogP contribution in [-0.2, 0) is 12.8 Å². The Balaban J connectivity index is 3.37. The highest BCUT2D eigenvalue weighted by molar-refractivity contribution is 7.99. The number of aryl methyl sites for hydroxylation is 1. The van der Waals surface area contributed by atoms with E-state index in [9.17, 15) is 0 Å². The van der Waals surface area contributed by atoms with Crippen LogP contribution in [0.5, 0.6) is 0 Å². The third-order valence-corrected chi connectivity index (χ3v) is 4.84. The molecule has 0 saturated carbocycles.